The molecule has 0 aliphatic carbocycles. The van der Waals surface area contributed by atoms with Gasteiger partial charge in [0.2, 0.25) is 0 Å². The van der Waals surface area contributed by atoms with Gasteiger partial charge in [0.1, 0.15) is 11.6 Å². The van der Waals surface area contributed by atoms with E-state index in [1.807, 2.05) is 36.4 Å². The second kappa shape index (κ2) is 8.76. The lowest BCUT2D eigenvalue weighted by atomic mass is 9.98. The van der Waals surface area contributed by atoms with Crippen molar-refractivity contribution in [3.05, 3.63) is 108 Å². The molecule has 2 aromatic carbocycles. The first kappa shape index (κ1) is 18.3. The molecule has 27 heavy (non-hydrogen) atoms. The molecule has 1 heterocycles. The molecule has 0 aliphatic rings. The molecule has 0 spiro atoms. The van der Waals surface area contributed by atoms with E-state index in [2.05, 4.69) is 22.2 Å². The number of carbonyl (C=O) groups excluding carboxylic acids is 1. The number of benzene rings is 2. The number of anilines is 1. The maximum absolute atomic E-state index is 13.7. The van der Waals surface area contributed by atoms with Crippen LogP contribution in [0.3, 0.4) is 0 Å². The Balaban J connectivity index is 1.84. The summed E-state index contributed by atoms with van der Waals surface area (Å²) < 4.78 is 13.7. The summed E-state index contributed by atoms with van der Waals surface area (Å²) in [5.74, 6) is 0.0875. The molecule has 1 unspecified atom stereocenters. The van der Waals surface area contributed by atoms with E-state index in [0.29, 0.717) is 17.9 Å². The average Bonchev–Trinajstić information content (AvgIpc) is 2.71. The molecular formula is C22H20FN3O. The topological polar surface area (TPSA) is 54.0 Å². The Morgan fingerprint density at radius 1 is 1.07 bits per heavy atom. The minimum Gasteiger partial charge on any atom is -0.359 e. The number of hydrogen-bond acceptors (Lipinski definition) is 3. The van der Waals surface area contributed by atoms with E-state index in [0.717, 1.165) is 11.1 Å². The highest BCUT2D eigenvalue weighted by Crippen LogP contribution is 2.26. The van der Waals surface area contributed by atoms with Gasteiger partial charge in [-0.15, -0.1) is 6.58 Å². The smallest absolute Gasteiger partial charge is 0.253 e. The van der Waals surface area contributed by atoms with Gasteiger partial charge in [-0.2, -0.15) is 0 Å². The summed E-state index contributed by atoms with van der Waals surface area (Å²) in [6.07, 6.45) is 3.12. The Hall–Kier alpha value is -3.47. The van der Waals surface area contributed by atoms with E-state index in [1.54, 1.807) is 24.3 Å². The van der Waals surface area contributed by atoms with E-state index in [9.17, 15) is 9.18 Å². The van der Waals surface area contributed by atoms with Crippen LogP contribution in [-0.4, -0.2) is 17.4 Å². The van der Waals surface area contributed by atoms with Crippen LogP contribution in [0, 0.1) is 5.82 Å². The molecule has 3 rings (SSSR count). The average molecular weight is 361 g/mol. The van der Waals surface area contributed by atoms with Gasteiger partial charge < -0.3 is 10.6 Å². The lowest BCUT2D eigenvalue weighted by molar-refractivity contribution is 0.0957. The van der Waals surface area contributed by atoms with Crippen LogP contribution in [0.25, 0.3) is 0 Å². The van der Waals surface area contributed by atoms with Gasteiger partial charge in [0.25, 0.3) is 5.91 Å². The van der Waals surface area contributed by atoms with Crippen LogP contribution < -0.4 is 10.6 Å². The predicted molar refractivity (Wildman–Crippen MR) is 105 cm³/mol. The zero-order chi connectivity index (χ0) is 19.1. The predicted octanol–water partition coefficient (Wildman–Crippen LogP) is 4.34. The number of nitrogens with one attached hydrogen (secondary N) is 2. The van der Waals surface area contributed by atoms with Crippen LogP contribution in [0.1, 0.15) is 27.5 Å². The molecule has 0 aliphatic heterocycles. The van der Waals surface area contributed by atoms with Crippen molar-refractivity contribution in [2.24, 2.45) is 0 Å². The van der Waals surface area contributed by atoms with Gasteiger partial charge in [-0.05, 0) is 35.4 Å². The number of rotatable bonds is 7. The third-order valence-corrected chi connectivity index (χ3v) is 4.04. The van der Waals surface area contributed by atoms with Gasteiger partial charge in [0.05, 0.1) is 11.6 Å². The fourth-order valence-electron chi connectivity index (χ4n) is 2.72. The lowest BCUT2D eigenvalue weighted by Crippen LogP contribution is -2.23. The summed E-state index contributed by atoms with van der Waals surface area (Å²) >= 11 is 0. The van der Waals surface area contributed by atoms with E-state index < -0.39 is 0 Å². The molecular weight excluding hydrogens is 341 g/mol. The minimum absolute atomic E-state index is 0.210. The number of hydrogen-bond donors (Lipinski definition) is 2. The molecule has 4 nitrogen and oxygen atoms in total. The van der Waals surface area contributed by atoms with Crippen molar-refractivity contribution in [2.45, 2.75) is 6.04 Å². The van der Waals surface area contributed by atoms with Crippen molar-refractivity contribution in [1.29, 1.82) is 0 Å². The maximum Gasteiger partial charge on any atom is 0.253 e. The zero-order valence-electron chi connectivity index (χ0n) is 14.7. The Bertz CT molecular complexity index is 910. The Labute approximate surface area is 157 Å². The quantitative estimate of drug-likeness (QED) is 0.616. The summed E-state index contributed by atoms with van der Waals surface area (Å²) in [5, 5.41) is 6.03. The molecule has 0 radical (unpaired) electrons. The summed E-state index contributed by atoms with van der Waals surface area (Å²) in [6, 6.07) is 19.4. The van der Waals surface area contributed by atoms with Gasteiger partial charge in [-0.25, -0.2) is 9.37 Å². The van der Waals surface area contributed by atoms with Crippen LogP contribution >= 0.6 is 0 Å². The third kappa shape index (κ3) is 4.79. The fourth-order valence-corrected chi connectivity index (χ4v) is 2.72. The first-order valence-electron chi connectivity index (χ1n) is 8.59. The standard InChI is InChI=1S/C22H20FN3O/c1-2-13-24-22(27)18-11-12-20(25-15-18)26-21(16-7-4-3-5-8-16)17-9-6-10-19(23)14-17/h2-12,14-15,21H,1,13H2,(H,24,27)(H,25,26). The summed E-state index contributed by atoms with van der Waals surface area (Å²) in [7, 11) is 0. The van der Waals surface area contributed by atoms with Crippen LogP contribution in [0.4, 0.5) is 10.2 Å². The maximum atomic E-state index is 13.7. The molecule has 1 atom stereocenters. The molecule has 0 fully saturated rings. The number of halogens is 1. The summed E-state index contributed by atoms with van der Waals surface area (Å²) in [5.41, 5.74) is 2.23. The number of carbonyl (C=O) groups is 1. The second-order valence-electron chi connectivity index (χ2n) is 5.97. The van der Waals surface area contributed by atoms with Crippen molar-refractivity contribution in [3.63, 3.8) is 0 Å². The van der Waals surface area contributed by atoms with Crippen LogP contribution in [0.2, 0.25) is 0 Å². The van der Waals surface area contributed by atoms with Gasteiger partial charge >= 0.3 is 0 Å². The SMILES string of the molecule is C=CCNC(=O)c1ccc(NC(c2ccccc2)c2cccc(F)c2)nc1. The zero-order valence-corrected chi connectivity index (χ0v) is 14.7. The monoisotopic (exact) mass is 361 g/mol. The van der Waals surface area contributed by atoms with Crippen LogP contribution in [-0.2, 0) is 0 Å². The van der Waals surface area contributed by atoms with Crippen molar-refractivity contribution in [1.82, 2.24) is 10.3 Å². The highest BCUT2D eigenvalue weighted by Gasteiger charge is 2.15. The molecule has 2 N–H and O–H groups in total. The lowest BCUT2D eigenvalue weighted by Gasteiger charge is -2.20. The van der Waals surface area contributed by atoms with E-state index in [1.165, 1.54) is 18.3 Å². The third-order valence-electron chi connectivity index (χ3n) is 4.04. The normalized spacial score (nSPS) is 11.4. The molecule has 0 saturated carbocycles. The summed E-state index contributed by atoms with van der Waals surface area (Å²) in [6.45, 7) is 3.97. The van der Waals surface area contributed by atoms with E-state index >= 15 is 0 Å². The van der Waals surface area contributed by atoms with Crippen molar-refractivity contribution < 1.29 is 9.18 Å². The Morgan fingerprint density at radius 2 is 1.85 bits per heavy atom. The minimum atomic E-state index is -0.294. The number of amides is 1. The van der Waals surface area contributed by atoms with E-state index in [4.69, 9.17) is 0 Å². The number of pyridine rings is 1. The number of aromatic nitrogens is 1. The van der Waals surface area contributed by atoms with Crippen molar-refractivity contribution in [3.8, 4) is 0 Å². The van der Waals surface area contributed by atoms with Crippen molar-refractivity contribution in [2.75, 3.05) is 11.9 Å². The van der Waals surface area contributed by atoms with Gasteiger partial charge in [-0.1, -0.05) is 48.5 Å². The highest BCUT2D eigenvalue weighted by molar-refractivity contribution is 5.94. The molecule has 3 aromatic rings. The van der Waals surface area contributed by atoms with Crippen LogP contribution in [0.15, 0.2) is 85.6 Å². The van der Waals surface area contributed by atoms with Gasteiger partial charge in [-0.3, -0.25) is 4.79 Å². The first-order chi connectivity index (χ1) is 13.2. The first-order valence-corrected chi connectivity index (χ1v) is 8.59. The fraction of sp³-hybridized carbons (Fsp3) is 0.0909. The molecule has 5 heteroatoms. The van der Waals surface area contributed by atoms with Crippen LogP contribution in [0.5, 0.6) is 0 Å². The molecule has 0 bridgehead atoms. The molecule has 136 valence electrons. The Kier molecular flexibility index (Phi) is 5.94. The summed E-state index contributed by atoms with van der Waals surface area (Å²) in [4.78, 5) is 16.3. The molecule has 1 amide bonds. The Morgan fingerprint density at radius 3 is 2.52 bits per heavy atom. The molecule has 1 aromatic heterocycles. The molecule has 0 saturated heterocycles. The van der Waals surface area contributed by atoms with Gasteiger partial charge in [0, 0.05) is 12.7 Å². The van der Waals surface area contributed by atoms with E-state index in [-0.39, 0.29) is 17.8 Å². The largest absolute Gasteiger partial charge is 0.359 e. The number of nitrogens with zero attached hydrogens (tertiary/aromatic N) is 1. The second-order valence-corrected chi connectivity index (χ2v) is 5.97. The van der Waals surface area contributed by atoms with Gasteiger partial charge in [0.15, 0.2) is 0 Å². The van der Waals surface area contributed by atoms with Crippen molar-refractivity contribution >= 4 is 11.7 Å². The highest BCUT2D eigenvalue weighted by atomic mass is 19.1.